The number of halogens is 2. The Balaban J connectivity index is 1.82. The van der Waals surface area contributed by atoms with Gasteiger partial charge in [-0.2, -0.15) is 0 Å². The van der Waals surface area contributed by atoms with Crippen LogP contribution in [0.25, 0.3) is 11.1 Å². The third-order valence-corrected chi connectivity index (χ3v) is 5.62. The number of benzene rings is 2. The second-order valence-electron chi connectivity index (χ2n) is 6.91. The number of aryl methyl sites for hydroxylation is 1. The standard InChI is InChI=1S/C22H21F2N3O3S/c1-2-17-8-7-16(13-26-17)19-10-9-18(12-20(19)31(25,29)30)27-21(28)11-14-3-5-15(6-4-14)22(23)24/h3-10,12-13,22H,2,11H2,1H3,(H,27,28)(H2,25,29,30). The average molecular weight is 445 g/mol. The van der Waals surface area contributed by atoms with Gasteiger partial charge in [-0.25, -0.2) is 22.3 Å². The van der Waals surface area contributed by atoms with Crippen LogP contribution in [-0.2, 0) is 27.7 Å². The van der Waals surface area contributed by atoms with E-state index in [1.165, 1.54) is 30.3 Å². The van der Waals surface area contributed by atoms with Gasteiger partial charge in [-0.1, -0.05) is 43.3 Å². The smallest absolute Gasteiger partial charge is 0.263 e. The van der Waals surface area contributed by atoms with Crippen molar-refractivity contribution in [3.05, 3.63) is 77.6 Å². The highest BCUT2D eigenvalue weighted by molar-refractivity contribution is 7.89. The number of nitrogens with two attached hydrogens (primary N) is 1. The van der Waals surface area contributed by atoms with Gasteiger partial charge in [-0.15, -0.1) is 0 Å². The molecule has 162 valence electrons. The molecule has 0 saturated heterocycles. The fraction of sp³-hybridized carbons (Fsp3) is 0.182. The van der Waals surface area contributed by atoms with Gasteiger partial charge in [0.05, 0.1) is 11.3 Å². The first-order valence-corrected chi connectivity index (χ1v) is 11.0. The number of alkyl halides is 2. The number of sulfonamides is 1. The number of aromatic nitrogens is 1. The summed E-state index contributed by atoms with van der Waals surface area (Å²) in [5.41, 5.74) is 2.49. The van der Waals surface area contributed by atoms with Gasteiger partial charge in [-0.3, -0.25) is 9.78 Å². The first kappa shape index (κ1) is 22.5. The van der Waals surface area contributed by atoms with Crippen molar-refractivity contribution in [2.75, 3.05) is 5.32 Å². The average Bonchev–Trinajstić information content (AvgIpc) is 2.73. The van der Waals surface area contributed by atoms with E-state index in [-0.39, 0.29) is 22.6 Å². The molecule has 0 aliphatic carbocycles. The summed E-state index contributed by atoms with van der Waals surface area (Å²) in [5.74, 6) is -0.424. The molecular weight excluding hydrogens is 424 g/mol. The number of primary sulfonamides is 1. The van der Waals surface area contributed by atoms with Gasteiger partial charge in [0.1, 0.15) is 0 Å². The van der Waals surface area contributed by atoms with Crippen molar-refractivity contribution in [3.63, 3.8) is 0 Å². The topological polar surface area (TPSA) is 102 Å². The number of carbonyl (C=O) groups is 1. The van der Waals surface area contributed by atoms with E-state index in [1.54, 1.807) is 30.5 Å². The number of hydrogen-bond acceptors (Lipinski definition) is 4. The predicted octanol–water partition coefficient (Wildman–Crippen LogP) is 4.08. The molecule has 1 aromatic heterocycles. The molecule has 3 rings (SSSR count). The van der Waals surface area contributed by atoms with Crippen molar-refractivity contribution in [3.8, 4) is 11.1 Å². The lowest BCUT2D eigenvalue weighted by Gasteiger charge is -2.12. The number of nitrogens with one attached hydrogen (secondary N) is 1. The molecule has 0 spiro atoms. The Bertz CT molecular complexity index is 1180. The summed E-state index contributed by atoms with van der Waals surface area (Å²) in [6, 6.07) is 13.4. The highest BCUT2D eigenvalue weighted by atomic mass is 32.2. The molecule has 9 heteroatoms. The van der Waals surface area contributed by atoms with Gasteiger partial charge in [0, 0.05) is 34.3 Å². The van der Waals surface area contributed by atoms with Crippen molar-refractivity contribution >= 4 is 21.6 Å². The summed E-state index contributed by atoms with van der Waals surface area (Å²) in [5, 5.41) is 8.01. The summed E-state index contributed by atoms with van der Waals surface area (Å²) >= 11 is 0. The first-order chi connectivity index (χ1) is 14.7. The number of carbonyl (C=O) groups excluding carboxylic acids is 1. The van der Waals surface area contributed by atoms with Gasteiger partial charge in [0.2, 0.25) is 15.9 Å². The summed E-state index contributed by atoms with van der Waals surface area (Å²) in [6.45, 7) is 1.96. The quantitative estimate of drug-likeness (QED) is 0.572. The minimum Gasteiger partial charge on any atom is -0.326 e. The predicted molar refractivity (Wildman–Crippen MR) is 114 cm³/mol. The largest absolute Gasteiger partial charge is 0.326 e. The van der Waals surface area contributed by atoms with Crippen LogP contribution in [-0.4, -0.2) is 19.3 Å². The van der Waals surface area contributed by atoms with E-state index in [9.17, 15) is 22.0 Å². The van der Waals surface area contributed by atoms with Crippen LogP contribution in [0.3, 0.4) is 0 Å². The maximum absolute atomic E-state index is 12.6. The van der Waals surface area contributed by atoms with Crippen LogP contribution in [0.1, 0.15) is 30.2 Å². The minimum absolute atomic E-state index is 0.0572. The molecule has 3 aromatic rings. The Kier molecular flexibility index (Phi) is 6.77. The van der Waals surface area contributed by atoms with Crippen LogP contribution in [0.4, 0.5) is 14.5 Å². The number of amides is 1. The number of rotatable bonds is 7. The van der Waals surface area contributed by atoms with E-state index in [0.29, 0.717) is 16.7 Å². The normalized spacial score (nSPS) is 11.5. The number of nitrogens with zero attached hydrogens (tertiary/aromatic N) is 1. The van der Waals surface area contributed by atoms with E-state index in [2.05, 4.69) is 10.3 Å². The fourth-order valence-electron chi connectivity index (χ4n) is 3.04. The lowest BCUT2D eigenvalue weighted by atomic mass is 10.1. The molecule has 1 amide bonds. The second-order valence-corrected chi connectivity index (χ2v) is 8.44. The second kappa shape index (κ2) is 9.32. The summed E-state index contributed by atoms with van der Waals surface area (Å²) in [6.07, 6.45) is -0.313. The maximum Gasteiger partial charge on any atom is 0.263 e. The van der Waals surface area contributed by atoms with Crippen LogP contribution in [0.5, 0.6) is 0 Å². The Hall–Kier alpha value is -3.17. The Labute approximate surface area is 179 Å². The molecule has 0 unspecified atom stereocenters. The highest BCUT2D eigenvalue weighted by Crippen LogP contribution is 2.29. The van der Waals surface area contributed by atoms with Gasteiger partial charge >= 0.3 is 0 Å². The maximum atomic E-state index is 12.6. The molecular formula is C22H21F2N3O3S. The van der Waals surface area contributed by atoms with Crippen molar-refractivity contribution in [1.29, 1.82) is 0 Å². The summed E-state index contributed by atoms with van der Waals surface area (Å²) in [4.78, 5) is 16.5. The van der Waals surface area contributed by atoms with E-state index >= 15 is 0 Å². The molecule has 1 heterocycles. The third kappa shape index (κ3) is 5.71. The summed E-state index contributed by atoms with van der Waals surface area (Å²) < 4.78 is 49.6. The number of pyridine rings is 1. The van der Waals surface area contributed by atoms with E-state index < -0.39 is 22.4 Å². The van der Waals surface area contributed by atoms with Crippen molar-refractivity contribution < 1.29 is 22.0 Å². The van der Waals surface area contributed by atoms with Crippen LogP contribution >= 0.6 is 0 Å². The Morgan fingerprint density at radius 3 is 2.35 bits per heavy atom. The SMILES string of the molecule is CCc1ccc(-c2ccc(NC(=O)Cc3ccc(C(F)F)cc3)cc2S(N)(=O)=O)cn1. The molecule has 0 atom stereocenters. The van der Waals surface area contributed by atoms with Gasteiger partial charge < -0.3 is 5.32 Å². The Morgan fingerprint density at radius 2 is 1.81 bits per heavy atom. The van der Waals surface area contributed by atoms with E-state index in [4.69, 9.17) is 5.14 Å². The van der Waals surface area contributed by atoms with Gasteiger partial charge in [0.15, 0.2) is 0 Å². The molecule has 3 N–H and O–H groups in total. The lowest BCUT2D eigenvalue weighted by molar-refractivity contribution is -0.115. The van der Waals surface area contributed by atoms with Crippen molar-refractivity contribution in [1.82, 2.24) is 4.98 Å². The zero-order chi connectivity index (χ0) is 22.6. The Morgan fingerprint density at radius 1 is 1.10 bits per heavy atom. The lowest BCUT2D eigenvalue weighted by Crippen LogP contribution is -2.17. The van der Waals surface area contributed by atoms with Crippen LogP contribution < -0.4 is 10.5 Å². The van der Waals surface area contributed by atoms with Gasteiger partial charge in [-0.05, 0) is 30.2 Å². The minimum atomic E-state index is -4.08. The zero-order valence-electron chi connectivity index (χ0n) is 16.7. The zero-order valence-corrected chi connectivity index (χ0v) is 17.5. The molecule has 6 nitrogen and oxygen atoms in total. The third-order valence-electron chi connectivity index (χ3n) is 4.67. The van der Waals surface area contributed by atoms with Crippen molar-refractivity contribution in [2.45, 2.75) is 31.1 Å². The molecule has 0 saturated carbocycles. The molecule has 0 bridgehead atoms. The van der Waals surface area contributed by atoms with Crippen LogP contribution in [0, 0.1) is 0 Å². The molecule has 2 aromatic carbocycles. The molecule has 0 radical (unpaired) electrons. The molecule has 31 heavy (non-hydrogen) atoms. The van der Waals surface area contributed by atoms with Crippen molar-refractivity contribution in [2.24, 2.45) is 5.14 Å². The number of hydrogen-bond donors (Lipinski definition) is 2. The van der Waals surface area contributed by atoms with E-state index in [0.717, 1.165) is 12.1 Å². The molecule has 0 aliphatic rings. The monoisotopic (exact) mass is 445 g/mol. The van der Waals surface area contributed by atoms with Crippen LogP contribution in [0.15, 0.2) is 65.7 Å². The fourth-order valence-corrected chi connectivity index (χ4v) is 3.82. The highest BCUT2D eigenvalue weighted by Gasteiger charge is 2.17. The van der Waals surface area contributed by atoms with Gasteiger partial charge in [0.25, 0.3) is 6.43 Å². The molecule has 0 aliphatic heterocycles. The summed E-state index contributed by atoms with van der Waals surface area (Å²) in [7, 11) is -4.08. The molecule has 0 fully saturated rings. The van der Waals surface area contributed by atoms with Crippen LogP contribution in [0.2, 0.25) is 0 Å². The first-order valence-electron chi connectivity index (χ1n) is 9.46. The number of anilines is 1. The van der Waals surface area contributed by atoms with E-state index in [1.807, 2.05) is 6.92 Å².